The van der Waals surface area contributed by atoms with Gasteiger partial charge in [-0.05, 0) is 41.7 Å². The highest BCUT2D eigenvalue weighted by Crippen LogP contribution is 2.42. The second-order valence-corrected chi connectivity index (χ2v) is 6.35. The number of ether oxygens (including phenoxy) is 3. The van der Waals surface area contributed by atoms with Gasteiger partial charge in [-0.1, -0.05) is 31.2 Å². The summed E-state index contributed by atoms with van der Waals surface area (Å²) in [4.78, 5) is 1.05. The van der Waals surface area contributed by atoms with Crippen LogP contribution in [0.4, 0.5) is 0 Å². The fourth-order valence-corrected chi connectivity index (χ4v) is 3.42. The Morgan fingerprint density at radius 2 is 1.48 bits per heavy atom. The highest BCUT2D eigenvalue weighted by molar-refractivity contribution is 7.09. The van der Waals surface area contributed by atoms with Crippen molar-refractivity contribution >= 4 is 11.5 Å². The van der Waals surface area contributed by atoms with Crippen LogP contribution in [0, 0.1) is 0 Å². The van der Waals surface area contributed by atoms with E-state index in [0.717, 1.165) is 28.1 Å². The molecule has 0 aliphatic carbocycles. The van der Waals surface area contributed by atoms with Gasteiger partial charge in [-0.15, -0.1) is 0 Å². The lowest BCUT2D eigenvalue weighted by molar-refractivity contribution is 0.324. The first-order valence-corrected chi connectivity index (χ1v) is 8.83. The lowest BCUT2D eigenvalue weighted by Crippen LogP contribution is -1.95. The summed E-state index contributed by atoms with van der Waals surface area (Å²) in [5.41, 5.74) is 4.40. The van der Waals surface area contributed by atoms with Crippen molar-refractivity contribution in [3.05, 3.63) is 48.0 Å². The van der Waals surface area contributed by atoms with Gasteiger partial charge in [0, 0.05) is 11.1 Å². The average molecular weight is 355 g/mol. The van der Waals surface area contributed by atoms with Crippen molar-refractivity contribution < 1.29 is 14.2 Å². The van der Waals surface area contributed by atoms with Gasteiger partial charge >= 0.3 is 0 Å². The van der Waals surface area contributed by atoms with E-state index in [0.29, 0.717) is 17.2 Å². The molecule has 3 aromatic rings. The van der Waals surface area contributed by atoms with Crippen molar-refractivity contribution in [1.82, 2.24) is 4.37 Å². The lowest BCUT2D eigenvalue weighted by atomic mass is 10.1. The van der Waals surface area contributed by atoms with Crippen molar-refractivity contribution in [2.24, 2.45) is 0 Å². The molecule has 0 saturated carbocycles. The molecule has 0 aliphatic heterocycles. The van der Waals surface area contributed by atoms with Crippen LogP contribution in [0.5, 0.6) is 17.2 Å². The molecule has 1 aromatic heterocycles. The molecular formula is C20H21NO3S. The minimum absolute atomic E-state index is 0.591. The number of aromatic nitrogens is 1. The molecule has 0 amide bonds. The molecule has 0 spiro atoms. The molecule has 0 bridgehead atoms. The third kappa shape index (κ3) is 3.46. The molecule has 0 unspecified atom stereocenters. The Balaban J connectivity index is 1.98. The molecular weight excluding hydrogens is 334 g/mol. The molecule has 0 atom stereocenters. The van der Waals surface area contributed by atoms with Crippen LogP contribution in [0.25, 0.3) is 21.7 Å². The minimum Gasteiger partial charge on any atom is -0.493 e. The van der Waals surface area contributed by atoms with Crippen molar-refractivity contribution in [2.45, 2.75) is 13.3 Å². The van der Waals surface area contributed by atoms with E-state index in [9.17, 15) is 0 Å². The van der Waals surface area contributed by atoms with Crippen LogP contribution in [0.1, 0.15) is 12.5 Å². The maximum absolute atomic E-state index is 5.44. The smallest absolute Gasteiger partial charge is 0.203 e. The molecule has 0 aliphatic rings. The largest absolute Gasteiger partial charge is 0.493 e. The quantitative estimate of drug-likeness (QED) is 0.619. The maximum Gasteiger partial charge on any atom is 0.203 e. The van der Waals surface area contributed by atoms with Gasteiger partial charge in [0.2, 0.25) is 5.75 Å². The number of aryl methyl sites for hydroxylation is 1. The molecule has 0 N–H and O–H groups in total. The summed E-state index contributed by atoms with van der Waals surface area (Å²) in [6.45, 7) is 2.15. The standard InChI is InChI=1S/C20H21NO3S/c1-5-13-6-8-14(9-7-13)16-12-19(25-21-16)15-10-17(22-2)20(24-4)18(11-15)23-3/h6-12H,5H2,1-4H3. The van der Waals surface area contributed by atoms with Crippen LogP contribution in [-0.4, -0.2) is 25.7 Å². The van der Waals surface area contributed by atoms with E-state index in [1.165, 1.54) is 17.1 Å². The second-order valence-electron chi connectivity index (χ2n) is 5.54. The van der Waals surface area contributed by atoms with Crippen LogP contribution in [-0.2, 0) is 6.42 Å². The minimum atomic E-state index is 0.591. The Labute approximate surface area is 152 Å². The van der Waals surface area contributed by atoms with Gasteiger partial charge in [0.25, 0.3) is 0 Å². The SMILES string of the molecule is CCc1ccc(-c2cc(-c3cc(OC)c(OC)c(OC)c3)sn2)cc1. The number of benzene rings is 2. The zero-order chi connectivity index (χ0) is 17.8. The van der Waals surface area contributed by atoms with E-state index in [4.69, 9.17) is 14.2 Å². The first kappa shape index (κ1) is 17.3. The molecule has 25 heavy (non-hydrogen) atoms. The van der Waals surface area contributed by atoms with E-state index < -0.39 is 0 Å². The Kier molecular flexibility index (Phi) is 5.24. The molecule has 1 heterocycles. The molecule has 4 nitrogen and oxygen atoms in total. The third-order valence-corrected chi connectivity index (χ3v) is 4.96. The second kappa shape index (κ2) is 7.57. The molecule has 0 saturated heterocycles. The van der Waals surface area contributed by atoms with Gasteiger partial charge in [-0.3, -0.25) is 0 Å². The lowest BCUT2D eigenvalue weighted by Gasteiger charge is -2.13. The van der Waals surface area contributed by atoms with E-state index in [1.54, 1.807) is 21.3 Å². The highest BCUT2D eigenvalue weighted by Gasteiger charge is 2.16. The van der Waals surface area contributed by atoms with Crippen molar-refractivity contribution in [3.8, 4) is 38.9 Å². The van der Waals surface area contributed by atoms with Gasteiger partial charge < -0.3 is 14.2 Å². The predicted molar refractivity (Wildman–Crippen MR) is 102 cm³/mol. The summed E-state index contributed by atoms with van der Waals surface area (Å²) in [7, 11) is 4.84. The van der Waals surface area contributed by atoms with Crippen LogP contribution < -0.4 is 14.2 Å². The fourth-order valence-electron chi connectivity index (χ4n) is 2.68. The summed E-state index contributed by atoms with van der Waals surface area (Å²) in [5.74, 6) is 1.87. The zero-order valence-electron chi connectivity index (χ0n) is 14.8. The number of hydrogen-bond acceptors (Lipinski definition) is 5. The highest BCUT2D eigenvalue weighted by atomic mass is 32.1. The zero-order valence-corrected chi connectivity index (χ0v) is 15.6. The van der Waals surface area contributed by atoms with Crippen LogP contribution in [0.15, 0.2) is 42.5 Å². The first-order chi connectivity index (χ1) is 12.2. The normalized spacial score (nSPS) is 10.6. The van der Waals surface area contributed by atoms with Crippen LogP contribution in [0.2, 0.25) is 0 Å². The predicted octanol–water partition coefficient (Wildman–Crippen LogP) is 5.07. The van der Waals surface area contributed by atoms with Crippen LogP contribution >= 0.6 is 11.5 Å². The number of hydrogen-bond donors (Lipinski definition) is 0. The Bertz CT molecular complexity index is 831. The third-order valence-electron chi connectivity index (χ3n) is 4.12. The molecule has 3 rings (SSSR count). The molecule has 0 radical (unpaired) electrons. The van der Waals surface area contributed by atoms with E-state index in [-0.39, 0.29) is 0 Å². The van der Waals surface area contributed by atoms with Gasteiger partial charge in [-0.2, -0.15) is 4.37 Å². The van der Waals surface area contributed by atoms with Gasteiger partial charge in [0.15, 0.2) is 11.5 Å². The van der Waals surface area contributed by atoms with E-state index in [1.807, 2.05) is 12.1 Å². The fraction of sp³-hybridized carbons (Fsp3) is 0.250. The topological polar surface area (TPSA) is 40.6 Å². The van der Waals surface area contributed by atoms with Crippen molar-refractivity contribution in [2.75, 3.05) is 21.3 Å². The van der Waals surface area contributed by atoms with Crippen LogP contribution in [0.3, 0.4) is 0 Å². The van der Waals surface area contributed by atoms with Crippen molar-refractivity contribution in [3.63, 3.8) is 0 Å². The van der Waals surface area contributed by atoms with Gasteiger partial charge in [0.05, 0.1) is 31.9 Å². The summed E-state index contributed by atoms with van der Waals surface area (Å²) in [6, 6.07) is 14.5. The number of rotatable bonds is 6. The summed E-state index contributed by atoms with van der Waals surface area (Å²) < 4.78 is 20.9. The van der Waals surface area contributed by atoms with Gasteiger partial charge in [0.1, 0.15) is 0 Å². The summed E-state index contributed by atoms with van der Waals surface area (Å²) in [5, 5.41) is 0. The maximum atomic E-state index is 5.44. The monoisotopic (exact) mass is 355 g/mol. The summed E-state index contributed by atoms with van der Waals surface area (Å²) in [6.07, 6.45) is 1.04. The van der Waals surface area contributed by atoms with Gasteiger partial charge in [-0.25, -0.2) is 0 Å². The average Bonchev–Trinajstić information content (AvgIpc) is 3.17. The van der Waals surface area contributed by atoms with E-state index >= 15 is 0 Å². The Hall–Kier alpha value is -2.53. The molecule has 130 valence electrons. The molecule has 0 fully saturated rings. The number of nitrogens with zero attached hydrogens (tertiary/aromatic N) is 1. The summed E-state index contributed by atoms with van der Waals surface area (Å²) >= 11 is 1.46. The number of methoxy groups -OCH3 is 3. The van der Waals surface area contributed by atoms with E-state index in [2.05, 4.69) is 41.6 Å². The first-order valence-electron chi connectivity index (χ1n) is 8.06. The molecule has 5 heteroatoms. The van der Waals surface area contributed by atoms with Crippen molar-refractivity contribution in [1.29, 1.82) is 0 Å². The Morgan fingerprint density at radius 3 is 2.00 bits per heavy atom. The Morgan fingerprint density at radius 1 is 0.840 bits per heavy atom. The molecule has 2 aromatic carbocycles.